The predicted octanol–water partition coefficient (Wildman–Crippen LogP) is 4.54. The highest BCUT2D eigenvalue weighted by atomic mass is 32.2. The van der Waals surface area contributed by atoms with Gasteiger partial charge < -0.3 is 5.32 Å². The van der Waals surface area contributed by atoms with Crippen LogP contribution in [0.1, 0.15) is 19.2 Å². The molecule has 4 rings (SSSR count). The molecular weight excluding hydrogens is 390 g/mol. The first-order valence-corrected chi connectivity index (χ1v) is 10.8. The highest BCUT2D eigenvalue weighted by Crippen LogP contribution is 2.28. The maximum Gasteiger partial charge on any atom is 0.234 e. The fourth-order valence-corrected chi connectivity index (χ4v) is 4.32. The zero-order chi connectivity index (χ0) is 19.3. The summed E-state index contributed by atoms with van der Waals surface area (Å²) in [6, 6.07) is 17.6. The zero-order valence-electron chi connectivity index (χ0n) is 15.3. The molecular formula is C20H19N5OS2. The van der Waals surface area contributed by atoms with Gasteiger partial charge in [0.05, 0.1) is 5.75 Å². The average Bonchev–Trinajstić information content (AvgIpc) is 3.30. The molecule has 4 aromatic rings. The van der Waals surface area contributed by atoms with Crippen molar-refractivity contribution in [3.05, 3.63) is 60.4 Å². The summed E-state index contributed by atoms with van der Waals surface area (Å²) in [7, 11) is 0. The van der Waals surface area contributed by atoms with Crippen LogP contribution in [0.2, 0.25) is 0 Å². The topological polar surface area (TPSA) is 72.2 Å². The second-order valence-corrected chi connectivity index (χ2v) is 8.20. The van der Waals surface area contributed by atoms with Gasteiger partial charge in [-0.15, -0.1) is 22.0 Å². The number of hydrogen-bond donors (Lipinski definition) is 1. The third-order valence-corrected chi connectivity index (χ3v) is 6.00. The lowest BCUT2D eigenvalue weighted by Gasteiger charge is -2.06. The van der Waals surface area contributed by atoms with Crippen molar-refractivity contribution in [3.63, 3.8) is 0 Å². The van der Waals surface area contributed by atoms with Crippen LogP contribution in [-0.4, -0.2) is 31.5 Å². The smallest absolute Gasteiger partial charge is 0.234 e. The maximum atomic E-state index is 12.3. The summed E-state index contributed by atoms with van der Waals surface area (Å²) in [6.45, 7) is 2.11. The van der Waals surface area contributed by atoms with E-state index in [1.807, 2.05) is 59.1 Å². The molecule has 0 saturated carbocycles. The Bertz CT molecular complexity index is 1090. The number of rotatable bonds is 7. The Kier molecular flexibility index (Phi) is 5.68. The highest BCUT2D eigenvalue weighted by molar-refractivity contribution is 8.00. The van der Waals surface area contributed by atoms with Gasteiger partial charge in [-0.2, -0.15) is 9.61 Å². The molecule has 0 aliphatic carbocycles. The molecule has 28 heavy (non-hydrogen) atoms. The van der Waals surface area contributed by atoms with Crippen LogP contribution in [0.3, 0.4) is 0 Å². The first kappa shape index (κ1) is 18.6. The van der Waals surface area contributed by atoms with E-state index in [1.165, 1.54) is 23.1 Å². The zero-order valence-corrected chi connectivity index (χ0v) is 17.0. The van der Waals surface area contributed by atoms with E-state index in [4.69, 9.17) is 0 Å². The molecule has 0 fully saturated rings. The van der Waals surface area contributed by atoms with Crippen molar-refractivity contribution < 1.29 is 4.79 Å². The van der Waals surface area contributed by atoms with Crippen LogP contribution in [0.5, 0.6) is 0 Å². The molecule has 2 aromatic carbocycles. The van der Waals surface area contributed by atoms with E-state index in [9.17, 15) is 4.79 Å². The molecule has 8 heteroatoms. The molecule has 0 saturated heterocycles. The number of amides is 1. The van der Waals surface area contributed by atoms with Gasteiger partial charge in [0.2, 0.25) is 10.9 Å². The Morgan fingerprint density at radius 2 is 2.00 bits per heavy atom. The van der Waals surface area contributed by atoms with Crippen LogP contribution in [0.15, 0.2) is 59.5 Å². The van der Waals surface area contributed by atoms with Gasteiger partial charge in [-0.3, -0.25) is 4.79 Å². The van der Waals surface area contributed by atoms with Crippen LogP contribution in [-0.2, 0) is 11.2 Å². The fraction of sp³-hybridized carbons (Fsp3) is 0.200. The van der Waals surface area contributed by atoms with E-state index < -0.39 is 0 Å². The van der Waals surface area contributed by atoms with Gasteiger partial charge in [0.25, 0.3) is 0 Å². The van der Waals surface area contributed by atoms with Crippen molar-refractivity contribution in [2.75, 3.05) is 11.1 Å². The summed E-state index contributed by atoms with van der Waals surface area (Å²) < 4.78 is 1.81. The standard InChI is InChI=1S/C20H19N5OS2/c1-2-7-17-22-23-20-25(17)24-19(28-20)14-8-6-9-15(12-14)21-18(26)13-27-16-10-4-3-5-11-16/h3-6,8-12H,2,7,13H2,1H3,(H,21,26). The second kappa shape index (κ2) is 8.53. The van der Waals surface area contributed by atoms with E-state index >= 15 is 0 Å². The Balaban J connectivity index is 1.46. The van der Waals surface area contributed by atoms with Gasteiger partial charge in [0.1, 0.15) is 5.01 Å². The first-order chi connectivity index (χ1) is 13.7. The first-order valence-electron chi connectivity index (χ1n) is 9.02. The number of carbonyl (C=O) groups excluding carboxylic acids is 1. The van der Waals surface area contributed by atoms with Crippen LogP contribution in [0.25, 0.3) is 15.5 Å². The summed E-state index contributed by atoms with van der Waals surface area (Å²) in [5.41, 5.74) is 1.71. The Morgan fingerprint density at radius 1 is 1.14 bits per heavy atom. The molecule has 0 aliphatic heterocycles. The lowest BCUT2D eigenvalue weighted by atomic mass is 10.2. The molecule has 0 bridgehead atoms. The lowest BCUT2D eigenvalue weighted by molar-refractivity contribution is -0.113. The van der Waals surface area contributed by atoms with E-state index in [0.29, 0.717) is 5.75 Å². The second-order valence-electron chi connectivity index (χ2n) is 6.20. The van der Waals surface area contributed by atoms with Crippen molar-refractivity contribution in [2.24, 2.45) is 0 Å². The highest BCUT2D eigenvalue weighted by Gasteiger charge is 2.13. The number of anilines is 1. The molecule has 0 radical (unpaired) electrons. The fourth-order valence-electron chi connectivity index (χ4n) is 2.75. The number of nitrogens with zero attached hydrogens (tertiary/aromatic N) is 4. The normalized spacial score (nSPS) is 11.0. The minimum Gasteiger partial charge on any atom is -0.325 e. The van der Waals surface area contributed by atoms with Gasteiger partial charge in [0.15, 0.2) is 5.82 Å². The van der Waals surface area contributed by atoms with E-state index in [0.717, 1.165) is 44.8 Å². The summed E-state index contributed by atoms with van der Waals surface area (Å²) in [6.07, 6.45) is 1.84. The molecule has 0 aliphatic rings. The molecule has 142 valence electrons. The van der Waals surface area contributed by atoms with Gasteiger partial charge >= 0.3 is 0 Å². The Morgan fingerprint density at radius 3 is 2.82 bits per heavy atom. The monoisotopic (exact) mass is 409 g/mol. The number of carbonyl (C=O) groups is 1. The minimum atomic E-state index is -0.0330. The van der Waals surface area contributed by atoms with Gasteiger partial charge in [-0.1, -0.05) is 48.6 Å². The van der Waals surface area contributed by atoms with E-state index in [2.05, 4.69) is 27.5 Å². The van der Waals surface area contributed by atoms with Gasteiger partial charge in [-0.05, 0) is 30.7 Å². The summed E-state index contributed by atoms with van der Waals surface area (Å²) in [5.74, 6) is 1.21. The largest absolute Gasteiger partial charge is 0.325 e. The number of nitrogens with one attached hydrogen (secondary N) is 1. The molecule has 0 spiro atoms. The Labute approximate surface area is 171 Å². The molecule has 0 atom stereocenters. The van der Waals surface area contributed by atoms with Crippen LogP contribution in [0, 0.1) is 0 Å². The van der Waals surface area contributed by atoms with Gasteiger partial charge in [-0.25, -0.2) is 0 Å². The minimum absolute atomic E-state index is 0.0330. The Hall–Kier alpha value is -2.71. The van der Waals surface area contributed by atoms with Crippen molar-refractivity contribution in [1.82, 2.24) is 19.8 Å². The third-order valence-electron chi connectivity index (χ3n) is 4.04. The SMILES string of the molecule is CCCc1nnc2sc(-c3cccc(NC(=O)CSc4ccccc4)c3)nn12. The predicted molar refractivity (Wildman–Crippen MR) is 114 cm³/mol. The lowest BCUT2D eigenvalue weighted by Crippen LogP contribution is -2.13. The third kappa shape index (κ3) is 4.23. The van der Waals surface area contributed by atoms with Gasteiger partial charge in [0, 0.05) is 22.6 Å². The molecule has 1 amide bonds. The van der Waals surface area contributed by atoms with Crippen molar-refractivity contribution in [1.29, 1.82) is 0 Å². The number of hydrogen-bond acceptors (Lipinski definition) is 6. The average molecular weight is 410 g/mol. The molecule has 1 N–H and O–H groups in total. The maximum absolute atomic E-state index is 12.3. The van der Waals surface area contributed by atoms with Crippen molar-refractivity contribution in [3.8, 4) is 10.6 Å². The van der Waals surface area contributed by atoms with Crippen molar-refractivity contribution in [2.45, 2.75) is 24.7 Å². The summed E-state index contributed by atoms with van der Waals surface area (Å²) in [5, 5.41) is 16.9. The molecule has 2 heterocycles. The summed E-state index contributed by atoms with van der Waals surface area (Å²) in [4.78, 5) is 14.1. The van der Waals surface area contributed by atoms with Crippen LogP contribution in [0.4, 0.5) is 5.69 Å². The quantitative estimate of drug-likeness (QED) is 0.454. The molecule has 0 unspecified atom stereocenters. The van der Waals surface area contributed by atoms with E-state index in [1.54, 1.807) is 0 Å². The molecule has 2 aromatic heterocycles. The molecule has 6 nitrogen and oxygen atoms in total. The number of aromatic nitrogens is 4. The number of fused-ring (bicyclic) bond motifs is 1. The van der Waals surface area contributed by atoms with Crippen LogP contribution < -0.4 is 5.32 Å². The number of thioether (sulfide) groups is 1. The summed E-state index contributed by atoms with van der Waals surface area (Å²) >= 11 is 3.01. The number of benzene rings is 2. The van der Waals surface area contributed by atoms with Crippen molar-refractivity contribution >= 4 is 39.7 Å². The van der Waals surface area contributed by atoms with E-state index in [-0.39, 0.29) is 5.91 Å². The number of aryl methyl sites for hydroxylation is 1. The van der Waals surface area contributed by atoms with Crippen LogP contribution >= 0.6 is 23.1 Å².